The van der Waals surface area contributed by atoms with Gasteiger partial charge in [0, 0.05) is 6.04 Å². The molecule has 1 heterocycles. The molecule has 1 aliphatic carbocycles. The highest BCUT2D eigenvalue weighted by Gasteiger charge is 2.27. The maximum atomic E-state index is 12.1. The van der Waals surface area contributed by atoms with Gasteiger partial charge in [-0.3, -0.25) is 10.1 Å². The molecule has 146 valence electrons. The largest absolute Gasteiger partial charge is 0.405 e. The van der Waals surface area contributed by atoms with Gasteiger partial charge in [0.2, 0.25) is 11.0 Å². The second-order valence-corrected chi connectivity index (χ2v) is 8.22. The Kier molecular flexibility index (Phi) is 7.50. The molecule has 12 heteroatoms. The maximum absolute atomic E-state index is 12.1. The molecule has 3 N–H and O–H groups in total. The zero-order chi connectivity index (χ0) is 19.2. The molecule has 0 saturated heterocycles. The van der Waals surface area contributed by atoms with Gasteiger partial charge in [-0.1, -0.05) is 42.9 Å². The quantitative estimate of drug-likeness (QED) is 0.623. The van der Waals surface area contributed by atoms with Crippen LogP contribution in [0.4, 0.5) is 23.1 Å². The van der Waals surface area contributed by atoms with E-state index in [4.69, 9.17) is 0 Å². The van der Waals surface area contributed by atoms with Crippen molar-refractivity contribution in [3.63, 3.8) is 0 Å². The number of halogens is 3. The Morgan fingerprint density at radius 1 is 1.27 bits per heavy atom. The van der Waals surface area contributed by atoms with Gasteiger partial charge in [0.05, 0.1) is 5.75 Å². The number of carbonyl (C=O) groups excluding carboxylic acids is 2. The van der Waals surface area contributed by atoms with Crippen molar-refractivity contribution in [1.29, 1.82) is 0 Å². The van der Waals surface area contributed by atoms with E-state index in [0.717, 1.165) is 48.8 Å². The van der Waals surface area contributed by atoms with Gasteiger partial charge in [-0.25, -0.2) is 4.79 Å². The highest BCUT2D eigenvalue weighted by molar-refractivity contribution is 8.01. The number of alkyl halides is 3. The summed E-state index contributed by atoms with van der Waals surface area (Å²) in [6.45, 7) is 0.869. The van der Waals surface area contributed by atoms with Gasteiger partial charge in [0.15, 0.2) is 4.34 Å². The van der Waals surface area contributed by atoms with Gasteiger partial charge in [-0.2, -0.15) is 13.2 Å². The first-order valence-electron chi connectivity index (χ1n) is 8.10. The Hall–Kier alpha value is -1.56. The molecule has 1 aromatic heterocycles. The Morgan fingerprint density at radius 2 is 2.00 bits per heavy atom. The van der Waals surface area contributed by atoms with E-state index in [1.165, 1.54) is 0 Å². The lowest BCUT2D eigenvalue weighted by molar-refractivity contribution is -0.117. The number of hydrogen-bond donors (Lipinski definition) is 3. The molecule has 2 atom stereocenters. The average molecular weight is 411 g/mol. The number of urea groups is 1. The van der Waals surface area contributed by atoms with Crippen LogP contribution < -0.4 is 16.0 Å². The molecule has 2 rings (SSSR count). The summed E-state index contributed by atoms with van der Waals surface area (Å²) in [4.78, 5) is 23.7. The van der Waals surface area contributed by atoms with Gasteiger partial charge in [-0.15, -0.1) is 10.2 Å². The molecule has 0 aliphatic heterocycles. The topological polar surface area (TPSA) is 96.0 Å². The van der Waals surface area contributed by atoms with Gasteiger partial charge < -0.3 is 10.6 Å². The van der Waals surface area contributed by atoms with Crippen LogP contribution in [0, 0.1) is 5.92 Å². The number of hydrogen-bond acceptors (Lipinski definition) is 7. The van der Waals surface area contributed by atoms with E-state index in [1.54, 1.807) is 0 Å². The lowest BCUT2D eigenvalue weighted by Crippen LogP contribution is -2.48. The van der Waals surface area contributed by atoms with E-state index in [0.29, 0.717) is 10.3 Å². The SMILES string of the molecule is CC1CCCCC1NC(=O)NC(=O)CSc1nnc(NCC(F)(F)F)s1. The van der Waals surface area contributed by atoms with Crippen LogP contribution in [0.3, 0.4) is 0 Å². The lowest BCUT2D eigenvalue weighted by Gasteiger charge is -2.29. The molecule has 0 bridgehead atoms. The molecule has 0 radical (unpaired) electrons. The number of rotatable bonds is 6. The van der Waals surface area contributed by atoms with Crippen molar-refractivity contribution in [2.24, 2.45) is 5.92 Å². The second kappa shape index (κ2) is 9.40. The molecule has 0 spiro atoms. The van der Waals surface area contributed by atoms with Crippen molar-refractivity contribution in [1.82, 2.24) is 20.8 Å². The third-order valence-electron chi connectivity index (χ3n) is 3.85. The zero-order valence-corrected chi connectivity index (χ0v) is 15.7. The fraction of sp³-hybridized carbons (Fsp3) is 0.714. The first-order chi connectivity index (χ1) is 12.2. The Labute approximate surface area is 156 Å². The number of amides is 3. The highest BCUT2D eigenvalue weighted by Crippen LogP contribution is 2.26. The maximum Gasteiger partial charge on any atom is 0.405 e. The molecule has 1 aliphatic rings. The first-order valence-corrected chi connectivity index (χ1v) is 9.90. The molecule has 1 aromatic rings. The van der Waals surface area contributed by atoms with Crippen molar-refractivity contribution in [3.8, 4) is 0 Å². The third kappa shape index (κ3) is 7.36. The molecule has 0 aromatic carbocycles. The van der Waals surface area contributed by atoms with Crippen molar-refractivity contribution < 1.29 is 22.8 Å². The summed E-state index contributed by atoms with van der Waals surface area (Å²) in [5.41, 5.74) is 0. The highest BCUT2D eigenvalue weighted by atomic mass is 32.2. The Bertz CT molecular complexity index is 626. The van der Waals surface area contributed by atoms with E-state index >= 15 is 0 Å². The fourth-order valence-corrected chi connectivity index (χ4v) is 4.09. The summed E-state index contributed by atoms with van der Waals surface area (Å²) < 4.78 is 36.7. The van der Waals surface area contributed by atoms with E-state index in [9.17, 15) is 22.8 Å². The zero-order valence-electron chi connectivity index (χ0n) is 14.1. The fourth-order valence-electron chi connectivity index (χ4n) is 2.54. The van der Waals surface area contributed by atoms with Crippen LogP contribution in [0.1, 0.15) is 32.6 Å². The molecule has 7 nitrogen and oxygen atoms in total. The van der Waals surface area contributed by atoms with Crippen molar-refractivity contribution >= 4 is 40.2 Å². The number of thioether (sulfide) groups is 1. The van der Waals surface area contributed by atoms with Gasteiger partial charge in [0.25, 0.3) is 0 Å². The number of carbonyl (C=O) groups is 2. The predicted molar refractivity (Wildman–Crippen MR) is 93.3 cm³/mol. The minimum absolute atomic E-state index is 0.0225. The molecule has 3 amide bonds. The van der Waals surface area contributed by atoms with Crippen LogP contribution >= 0.6 is 23.1 Å². The predicted octanol–water partition coefficient (Wildman–Crippen LogP) is 3.01. The third-order valence-corrected chi connectivity index (χ3v) is 5.87. The normalized spacial score (nSPS) is 20.5. The second-order valence-electron chi connectivity index (χ2n) is 6.02. The molecular formula is C14H20F3N5O2S2. The molecular weight excluding hydrogens is 391 g/mol. The molecule has 2 unspecified atom stereocenters. The Balaban J connectivity index is 1.69. The van der Waals surface area contributed by atoms with Crippen LogP contribution in [-0.2, 0) is 4.79 Å². The summed E-state index contributed by atoms with van der Waals surface area (Å²) >= 11 is 1.92. The van der Waals surface area contributed by atoms with E-state index < -0.39 is 24.7 Å². The summed E-state index contributed by atoms with van der Waals surface area (Å²) in [5.74, 6) is -0.208. The van der Waals surface area contributed by atoms with Gasteiger partial charge in [0.1, 0.15) is 6.54 Å². The monoisotopic (exact) mass is 411 g/mol. The minimum Gasteiger partial charge on any atom is -0.351 e. The van der Waals surface area contributed by atoms with Crippen LogP contribution in [0.2, 0.25) is 0 Å². The average Bonchev–Trinajstić information content (AvgIpc) is 3.00. The molecule has 1 saturated carbocycles. The van der Waals surface area contributed by atoms with Crippen LogP contribution in [0.15, 0.2) is 4.34 Å². The van der Waals surface area contributed by atoms with E-state index in [2.05, 4.69) is 33.1 Å². The number of nitrogens with zero attached hydrogens (tertiary/aromatic N) is 2. The van der Waals surface area contributed by atoms with E-state index in [1.807, 2.05) is 0 Å². The Morgan fingerprint density at radius 3 is 2.69 bits per heavy atom. The first kappa shape index (κ1) is 20.7. The van der Waals surface area contributed by atoms with Crippen LogP contribution in [-0.4, -0.2) is 46.7 Å². The number of imide groups is 1. The summed E-state index contributed by atoms with van der Waals surface area (Å²) in [5, 5.41) is 14.5. The van der Waals surface area contributed by atoms with Crippen LogP contribution in [0.25, 0.3) is 0 Å². The van der Waals surface area contributed by atoms with Crippen LogP contribution in [0.5, 0.6) is 0 Å². The minimum atomic E-state index is -4.35. The van der Waals surface area contributed by atoms with Gasteiger partial charge in [-0.05, 0) is 18.8 Å². The van der Waals surface area contributed by atoms with Gasteiger partial charge >= 0.3 is 12.2 Å². The summed E-state index contributed by atoms with van der Waals surface area (Å²) in [6, 6.07) is -0.464. The summed E-state index contributed by atoms with van der Waals surface area (Å²) in [6.07, 6.45) is -0.187. The van der Waals surface area contributed by atoms with E-state index in [-0.39, 0.29) is 16.9 Å². The standard InChI is InChI=1S/C14H20F3N5O2S2/c1-8-4-2-3-5-9(8)19-11(24)20-10(23)6-25-13-22-21-12(26-13)18-7-14(15,16)17/h8-9H,2-7H2,1H3,(H,18,21)(H2,19,20,23,24). The molecule has 1 fully saturated rings. The smallest absolute Gasteiger partial charge is 0.351 e. The number of anilines is 1. The lowest BCUT2D eigenvalue weighted by atomic mass is 9.86. The van der Waals surface area contributed by atoms with Crippen molar-refractivity contribution in [2.75, 3.05) is 17.6 Å². The molecule has 26 heavy (non-hydrogen) atoms. The number of aromatic nitrogens is 2. The van der Waals surface area contributed by atoms with Crippen molar-refractivity contribution in [2.45, 2.75) is 49.2 Å². The number of nitrogens with one attached hydrogen (secondary N) is 3. The summed E-state index contributed by atoms with van der Waals surface area (Å²) in [7, 11) is 0. The van der Waals surface area contributed by atoms with Crippen molar-refractivity contribution in [3.05, 3.63) is 0 Å².